The minimum atomic E-state index is 0. The van der Waals surface area contributed by atoms with E-state index in [1.807, 2.05) is 64.2 Å². The fourth-order valence-electron chi connectivity index (χ4n) is 0.642. The quantitative estimate of drug-likeness (QED) is 0.644. The second-order valence-electron chi connectivity index (χ2n) is 2.63. The molecular weight excluding hydrogens is 259 g/mol. The van der Waals surface area contributed by atoms with Crippen LogP contribution in [0.3, 0.4) is 0 Å². The molecule has 2 rings (SSSR count). The molecule has 0 unspecified atom stereocenters. The van der Waals surface area contributed by atoms with E-state index in [-0.39, 0.29) is 26.2 Å². The molecule has 0 aromatic carbocycles. The van der Waals surface area contributed by atoms with Gasteiger partial charge in [-0.05, 0) is 64.2 Å². The molecule has 2 fully saturated rings. The Hall–Kier alpha value is 0.883. The van der Waals surface area contributed by atoms with Gasteiger partial charge in [-0.3, -0.25) is 0 Å². The maximum atomic E-state index is 3.54. The van der Waals surface area contributed by atoms with Crippen molar-refractivity contribution in [1.82, 2.24) is 0 Å². The van der Waals surface area contributed by atoms with Crippen LogP contribution in [0.1, 0.15) is 12.8 Å². The summed E-state index contributed by atoms with van der Waals surface area (Å²) in [5, 5.41) is 0. The summed E-state index contributed by atoms with van der Waals surface area (Å²) in [6.07, 6.45) is 21.9. The predicted molar refractivity (Wildman–Crippen MR) is 62.9 cm³/mol. The standard InChI is InChI=1S/2C5H5.C4H8.Zr/c2*1-2-4-5-3-1;1-3-4-2;/h2*1-5H;1-4H2;/q;;-2;+2. The number of hydrogen-bond donors (Lipinski definition) is 0. The molecule has 0 nitrogen and oxygen atoms in total. The van der Waals surface area contributed by atoms with Gasteiger partial charge in [0, 0.05) is 0 Å². The summed E-state index contributed by atoms with van der Waals surface area (Å²) >= 11 is 0. The zero-order valence-electron chi connectivity index (χ0n) is 9.10. The van der Waals surface area contributed by atoms with E-state index in [1.54, 1.807) is 0 Å². The molecule has 15 heavy (non-hydrogen) atoms. The Morgan fingerprint density at radius 1 is 0.467 bits per heavy atom. The molecule has 0 bridgehead atoms. The molecule has 0 atom stereocenters. The maximum absolute atomic E-state index is 3.54. The zero-order chi connectivity index (χ0) is 10.5. The van der Waals surface area contributed by atoms with Gasteiger partial charge >= 0.3 is 26.2 Å². The molecule has 0 aliphatic heterocycles. The van der Waals surface area contributed by atoms with Gasteiger partial charge in [0.15, 0.2) is 0 Å². The molecule has 2 saturated carbocycles. The van der Waals surface area contributed by atoms with Crippen molar-refractivity contribution in [3.05, 3.63) is 78.1 Å². The van der Waals surface area contributed by atoms with Crippen LogP contribution in [0.5, 0.6) is 0 Å². The molecule has 2 aliphatic carbocycles. The van der Waals surface area contributed by atoms with Gasteiger partial charge in [-0.25, -0.2) is 12.8 Å². The van der Waals surface area contributed by atoms with E-state index >= 15 is 0 Å². The van der Waals surface area contributed by atoms with Gasteiger partial charge in [0.1, 0.15) is 0 Å². The fraction of sp³-hybridized carbons (Fsp3) is 0.143. The van der Waals surface area contributed by atoms with Gasteiger partial charge in [-0.1, -0.05) is 0 Å². The van der Waals surface area contributed by atoms with Crippen molar-refractivity contribution in [1.29, 1.82) is 0 Å². The van der Waals surface area contributed by atoms with E-state index in [1.165, 1.54) is 0 Å². The molecule has 1 heteroatoms. The first-order valence-corrected chi connectivity index (χ1v) is 4.83. The summed E-state index contributed by atoms with van der Waals surface area (Å²) in [6.45, 7) is 7.08. The smallest absolute Gasteiger partial charge is 0.346 e. The zero-order valence-corrected chi connectivity index (χ0v) is 11.6. The SMILES string of the molecule is [CH2-]CC[CH2-].[CH]1[CH][CH][CH][CH]1.[CH]1[CH][CH][CH][CH]1.[Zr+2]. The Morgan fingerprint density at radius 3 is 0.667 bits per heavy atom. The molecule has 0 aromatic heterocycles. The molecule has 0 saturated heterocycles. The molecule has 0 spiro atoms. The van der Waals surface area contributed by atoms with Crippen LogP contribution in [0.15, 0.2) is 0 Å². The van der Waals surface area contributed by atoms with Crippen LogP contribution in [-0.2, 0) is 26.2 Å². The van der Waals surface area contributed by atoms with Crippen LogP contribution in [0, 0.1) is 78.1 Å². The van der Waals surface area contributed by atoms with E-state index in [4.69, 9.17) is 0 Å². The van der Waals surface area contributed by atoms with Gasteiger partial charge in [0.2, 0.25) is 0 Å². The Morgan fingerprint density at radius 2 is 0.600 bits per heavy atom. The molecule has 0 N–H and O–H groups in total. The topological polar surface area (TPSA) is 0 Å². The minimum absolute atomic E-state index is 0. The summed E-state index contributed by atoms with van der Waals surface area (Å²) in [7, 11) is 0. The van der Waals surface area contributed by atoms with E-state index < -0.39 is 0 Å². The van der Waals surface area contributed by atoms with Crippen LogP contribution < -0.4 is 0 Å². The monoisotopic (exact) mass is 276 g/mol. The maximum Gasteiger partial charge on any atom is 2.00 e. The average molecular weight is 278 g/mol. The summed E-state index contributed by atoms with van der Waals surface area (Å²) in [4.78, 5) is 0. The summed E-state index contributed by atoms with van der Waals surface area (Å²) in [5.41, 5.74) is 0. The summed E-state index contributed by atoms with van der Waals surface area (Å²) < 4.78 is 0. The van der Waals surface area contributed by atoms with E-state index in [0.29, 0.717) is 0 Å². The van der Waals surface area contributed by atoms with Crippen LogP contribution in [0.25, 0.3) is 0 Å². The molecule has 78 valence electrons. The van der Waals surface area contributed by atoms with Crippen molar-refractivity contribution in [2.75, 3.05) is 0 Å². The summed E-state index contributed by atoms with van der Waals surface area (Å²) in [5.74, 6) is 0. The Kier molecular flexibility index (Phi) is 21.0. The van der Waals surface area contributed by atoms with Crippen molar-refractivity contribution < 1.29 is 26.2 Å². The number of rotatable bonds is 1. The Labute approximate surface area is 117 Å². The second kappa shape index (κ2) is 17.3. The number of unbranched alkanes of at least 4 members (excludes halogenated alkanes) is 1. The van der Waals surface area contributed by atoms with Gasteiger partial charge in [0.25, 0.3) is 0 Å². The molecule has 0 aromatic rings. The van der Waals surface area contributed by atoms with E-state index in [0.717, 1.165) is 12.8 Å². The first-order chi connectivity index (χ1) is 6.91. The molecule has 0 heterocycles. The molecular formula is C14H18Zr. The third-order valence-corrected chi connectivity index (χ3v) is 1.36. The van der Waals surface area contributed by atoms with Crippen LogP contribution in [0.4, 0.5) is 0 Å². The van der Waals surface area contributed by atoms with Crippen molar-refractivity contribution in [3.63, 3.8) is 0 Å². The van der Waals surface area contributed by atoms with E-state index in [2.05, 4.69) is 13.8 Å². The fourth-order valence-corrected chi connectivity index (χ4v) is 0.642. The van der Waals surface area contributed by atoms with Crippen LogP contribution >= 0.6 is 0 Å². The Balaban J connectivity index is 0. The predicted octanol–water partition coefficient (Wildman–Crippen LogP) is 3.48. The third-order valence-electron chi connectivity index (χ3n) is 1.36. The van der Waals surface area contributed by atoms with Crippen molar-refractivity contribution in [2.24, 2.45) is 0 Å². The van der Waals surface area contributed by atoms with Gasteiger partial charge in [-0.15, -0.1) is 0 Å². The largest absolute Gasteiger partial charge is 2.00 e. The van der Waals surface area contributed by atoms with Crippen molar-refractivity contribution in [2.45, 2.75) is 12.8 Å². The Bertz CT molecular complexity index is 56.1. The molecule has 2 aliphatic rings. The first kappa shape index (κ1) is 18.3. The molecule has 0 amide bonds. The minimum Gasteiger partial charge on any atom is -0.346 e. The van der Waals surface area contributed by atoms with Crippen molar-refractivity contribution in [3.8, 4) is 0 Å². The third kappa shape index (κ3) is 17.5. The summed E-state index contributed by atoms with van der Waals surface area (Å²) in [6, 6.07) is 0. The number of hydrogen-bond acceptors (Lipinski definition) is 0. The van der Waals surface area contributed by atoms with Crippen molar-refractivity contribution >= 4 is 0 Å². The van der Waals surface area contributed by atoms with Crippen LogP contribution in [0.2, 0.25) is 0 Å². The average Bonchev–Trinajstić information content (AvgIpc) is 2.94. The van der Waals surface area contributed by atoms with Gasteiger partial charge in [-0.2, -0.15) is 0 Å². The molecule has 10 radical (unpaired) electrons. The van der Waals surface area contributed by atoms with Gasteiger partial charge in [0.05, 0.1) is 0 Å². The normalized spacial score (nSPS) is 18.0. The second-order valence-corrected chi connectivity index (χ2v) is 2.63. The van der Waals surface area contributed by atoms with Gasteiger partial charge < -0.3 is 13.8 Å². The first-order valence-electron chi connectivity index (χ1n) is 4.83. The van der Waals surface area contributed by atoms with Crippen LogP contribution in [-0.4, -0.2) is 0 Å². The van der Waals surface area contributed by atoms with E-state index in [9.17, 15) is 0 Å².